The van der Waals surface area contributed by atoms with Gasteiger partial charge in [-0.3, -0.25) is 35.3 Å². The summed E-state index contributed by atoms with van der Waals surface area (Å²) in [6.45, 7) is -0.162. The van der Waals surface area contributed by atoms with Crippen molar-refractivity contribution in [2.24, 2.45) is 11.5 Å². The van der Waals surface area contributed by atoms with E-state index in [1.807, 2.05) is 0 Å². The van der Waals surface area contributed by atoms with Crippen molar-refractivity contribution in [2.45, 2.75) is 43.5 Å². The molecule has 0 spiro atoms. The number of amides is 3. The van der Waals surface area contributed by atoms with Crippen LogP contribution in [0.5, 0.6) is 0 Å². The van der Waals surface area contributed by atoms with E-state index < -0.39 is 51.3 Å². The molecule has 2 rings (SSSR count). The topological polar surface area (TPSA) is 300 Å². The van der Waals surface area contributed by atoms with Gasteiger partial charge < -0.3 is 38.1 Å². The molecule has 12 N–H and O–H groups in total. The van der Waals surface area contributed by atoms with E-state index in [4.69, 9.17) is 22.3 Å². The predicted molar refractivity (Wildman–Crippen MR) is 185 cm³/mol. The maximum absolute atomic E-state index is 13.0. The Morgan fingerprint density at radius 1 is 0.812 bits per heavy atom. The molecule has 0 aliphatic heterocycles. The first-order chi connectivity index (χ1) is 21.8. The van der Waals surface area contributed by atoms with Gasteiger partial charge in [0.2, 0.25) is 27.7 Å². The normalized spacial score (nSPS) is 11.7. The predicted octanol–water partition coefficient (Wildman–Crippen LogP) is -0.00736. The quantitative estimate of drug-likeness (QED) is 0.0301. The number of halogens is 2. The molecule has 0 saturated carbocycles. The SMILES string of the molecule is Cl.Cl.N=C(N)NCCC[C@H](NC(=O)CNC(=O)[C@@H](CCCNC(=N)N)NS(=O)(=O)Cc1ccccc1)C(=O)Nc1ccc([N+](=O)[O-])cc1. The molecule has 21 heteroatoms. The molecule has 18 nitrogen and oxygen atoms in total. The van der Waals surface area contributed by atoms with E-state index in [2.05, 4.69) is 31.3 Å². The highest BCUT2D eigenvalue weighted by atomic mass is 35.5. The highest BCUT2D eigenvalue weighted by Gasteiger charge is 2.26. The van der Waals surface area contributed by atoms with Crippen LogP contribution >= 0.6 is 24.8 Å². The second-order valence-corrected chi connectivity index (χ2v) is 11.8. The molecule has 0 aliphatic rings. The van der Waals surface area contributed by atoms with E-state index >= 15 is 0 Å². The summed E-state index contributed by atoms with van der Waals surface area (Å²) < 4.78 is 28.0. The van der Waals surface area contributed by atoms with E-state index in [0.29, 0.717) is 12.0 Å². The maximum Gasteiger partial charge on any atom is 0.269 e. The summed E-state index contributed by atoms with van der Waals surface area (Å²) >= 11 is 0. The fourth-order valence-electron chi connectivity index (χ4n) is 4.05. The Morgan fingerprint density at radius 2 is 1.35 bits per heavy atom. The van der Waals surface area contributed by atoms with Crippen LogP contribution in [0, 0.1) is 20.9 Å². The first-order valence-corrected chi connectivity index (χ1v) is 15.7. The zero-order valence-corrected chi connectivity index (χ0v) is 28.1. The Kier molecular flexibility index (Phi) is 19.8. The molecule has 0 aliphatic carbocycles. The molecule has 2 aromatic carbocycles. The number of rotatable bonds is 19. The zero-order valence-electron chi connectivity index (χ0n) is 25.7. The van der Waals surface area contributed by atoms with E-state index in [-0.39, 0.29) is 86.2 Å². The second kappa shape index (κ2) is 22.0. The van der Waals surface area contributed by atoms with Crippen molar-refractivity contribution in [2.75, 3.05) is 25.0 Å². The fraction of sp³-hybridized carbons (Fsp3) is 0.370. The number of benzene rings is 2. The van der Waals surface area contributed by atoms with Gasteiger partial charge in [-0.2, -0.15) is 0 Å². The molecule has 0 bridgehead atoms. The van der Waals surface area contributed by atoms with Gasteiger partial charge in [0.25, 0.3) is 5.69 Å². The molecule has 48 heavy (non-hydrogen) atoms. The summed E-state index contributed by atoms with van der Waals surface area (Å²) in [6, 6.07) is 11.1. The van der Waals surface area contributed by atoms with Gasteiger partial charge in [-0.1, -0.05) is 30.3 Å². The van der Waals surface area contributed by atoms with Crippen LogP contribution in [0.25, 0.3) is 0 Å². The van der Waals surface area contributed by atoms with Gasteiger partial charge in [0, 0.05) is 30.9 Å². The number of nitrogens with zero attached hydrogens (tertiary/aromatic N) is 1. The van der Waals surface area contributed by atoms with Gasteiger partial charge in [0.05, 0.1) is 17.2 Å². The average molecular weight is 735 g/mol. The van der Waals surface area contributed by atoms with Gasteiger partial charge in [0.15, 0.2) is 11.9 Å². The Labute approximate surface area is 290 Å². The number of carbonyl (C=O) groups is 3. The van der Waals surface area contributed by atoms with E-state index in [1.54, 1.807) is 30.3 Å². The van der Waals surface area contributed by atoms with E-state index in [1.165, 1.54) is 24.3 Å². The number of guanidine groups is 2. The summed E-state index contributed by atoms with van der Waals surface area (Å²) in [5, 5.41) is 38.1. The van der Waals surface area contributed by atoms with Crippen molar-refractivity contribution in [1.82, 2.24) is 26.0 Å². The number of sulfonamides is 1. The third kappa shape index (κ3) is 17.3. The Bertz CT molecular complexity index is 1480. The number of hydrogen-bond donors (Lipinski definition) is 10. The molecule has 266 valence electrons. The number of hydrogen-bond acceptors (Lipinski definition) is 9. The average Bonchev–Trinajstić information content (AvgIpc) is 2.99. The van der Waals surface area contributed by atoms with Crippen LogP contribution < -0.4 is 42.8 Å². The molecule has 0 saturated heterocycles. The maximum atomic E-state index is 13.0. The lowest BCUT2D eigenvalue weighted by atomic mass is 10.1. The van der Waals surface area contributed by atoms with E-state index in [9.17, 15) is 32.9 Å². The molecule has 0 aromatic heterocycles. The molecule has 0 unspecified atom stereocenters. The second-order valence-electron chi connectivity index (χ2n) is 10.0. The molecule has 0 radical (unpaired) electrons. The van der Waals surface area contributed by atoms with E-state index in [0.717, 1.165) is 0 Å². The van der Waals surface area contributed by atoms with Crippen LogP contribution in [0.1, 0.15) is 31.2 Å². The molecule has 0 fully saturated rings. The number of carbonyl (C=O) groups excluding carboxylic acids is 3. The minimum Gasteiger partial charge on any atom is -0.370 e. The van der Waals surface area contributed by atoms with Crippen LogP contribution in [-0.4, -0.2) is 74.7 Å². The van der Waals surface area contributed by atoms with Gasteiger partial charge >= 0.3 is 0 Å². The smallest absolute Gasteiger partial charge is 0.269 e. The molecular weight excluding hydrogens is 693 g/mol. The van der Waals surface area contributed by atoms with Crippen molar-refractivity contribution < 1.29 is 27.7 Å². The zero-order chi connectivity index (χ0) is 34.1. The van der Waals surface area contributed by atoms with Crippen LogP contribution in [0.2, 0.25) is 0 Å². The van der Waals surface area contributed by atoms with Crippen LogP contribution in [0.15, 0.2) is 54.6 Å². The molecule has 2 atom stereocenters. The number of nitro benzene ring substituents is 1. The summed E-state index contributed by atoms with van der Waals surface area (Å²) in [4.78, 5) is 49.2. The first kappa shape index (κ1) is 43.3. The number of anilines is 1. The summed E-state index contributed by atoms with van der Waals surface area (Å²) in [5.74, 6) is -3.11. The van der Waals surface area contributed by atoms with Crippen molar-refractivity contribution >= 4 is 75.9 Å². The highest BCUT2D eigenvalue weighted by molar-refractivity contribution is 7.88. The van der Waals surface area contributed by atoms with Crippen molar-refractivity contribution in [3.63, 3.8) is 0 Å². The third-order valence-electron chi connectivity index (χ3n) is 6.23. The first-order valence-electron chi connectivity index (χ1n) is 14.1. The minimum absolute atomic E-state index is 0. The number of nitro groups is 1. The van der Waals surface area contributed by atoms with Gasteiger partial charge in [0.1, 0.15) is 12.1 Å². The summed E-state index contributed by atoms with van der Waals surface area (Å²) in [7, 11) is -3.98. The fourth-order valence-corrected chi connectivity index (χ4v) is 5.43. The van der Waals surface area contributed by atoms with Crippen molar-refractivity contribution in [3.8, 4) is 0 Å². The Balaban J connectivity index is 0.0000110. The summed E-state index contributed by atoms with van der Waals surface area (Å²) in [6.07, 6.45) is 0.691. The van der Waals surface area contributed by atoms with Gasteiger partial charge in [-0.25, -0.2) is 13.1 Å². The largest absolute Gasteiger partial charge is 0.370 e. The lowest BCUT2D eigenvalue weighted by Crippen LogP contribution is -2.51. The lowest BCUT2D eigenvalue weighted by molar-refractivity contribution is -0.384. The standard InChI is InChI=1S/C27H39N11O7S.2ClH/c28-26(29)32-14-4-8-21(25(41)35-19-10-12-20(13-11-19)38(42)43)36-23(39)16-34-24(40)22(9-5-15-33-27(30)31)37-46(44,45)17-18-6-2-1-3-7-18;;/h1-3,6-7,10-13,21-22,37H,4-5,8-9,14-17H2,(H,34,40)(H,35,41)(H,36,39)(H4,28,29,32)(H4,30,31,33);2*1H/t21-,22+;;/m0../s1. The lowest BCUT2D eigenvalue weighted by Gasteiger charge is -2.21. The molecular formula is C27H41Cl2N11O7S. The van der Waals surface area contributed by atoms with Crippen LogP contribution in [-0.2, 0) is 30.2 Å². The van der Waals surface area contributed by atoms with Gasteiger partial charge in [-0.15, -0.1) is 24.8 Å². The van der Waals surface area contributed by atoms with Crippen LogP contribution in [0.3, 0.4) is 0 Å². The molecule has 3 amide bonds. The molecule has 2 aromatic rings. The Morgan fingerprint density at radius 3 is 1.88 bits per heavy atom. The van der Waals surface area contributed by atoms with Crippen molar-refractivity contribution in [3.05, 3.63) is 70.3 Å². The monoisotopic (exact) mass is 733 g/mol. The third-order valence-corrected chi connectivity index (χ3v) is 7.59. The Hall–Kier alpha value is -4.72. The number of nitrogens with two attached hydrogens (primary N) is 2. The number of non-ortho nitro benzene ring substituents is 1. The minimum atomic E-state index is -3.98. The molecule has 0 heterocycles. The van der Waals surface area contributed by atoms with Gasteiger partial charge in [-0.05, 0) is 43.4 Å². The van der Waals surface area contributed by atoms with Crippen molar-refractivity contribution in [1.29, 1.82) is 10.8 Å². The number of nitrogens with one attached hydrogen (secondary N) is 8. The summed E-state index contributed by atoms with van der Waals surface area (Å²) in [5.41, 5.74) is 11.1. The van der Waals surface area contributed by atoms with Crippen LogP contribution in [0.4, 0.5) is 11.4 Å². The highest BCUT2D eigenvalue weighted by Crippen LogP contribution is 2.16.